The summed E-state index contributed by atoms with van der Waals surface area (Å²) >= 11 is 3.33. The van der Waals surface area contributed by atoms with Crippen LogP contribution in [0.25, 0.3) is 0 Å². The molecule has 0 radical (unpaired) electrons. The molecule has 0 aliphatic carbocycles. The van der Waals surface area contributed by atoms with Crippen molar-refractivity contribution in [3.8, 4) is 0 Å². The number of carbonyl (C=O) groups excluding carboxylic acids is 1. The first-order valence-electron chi connectivity index (χ1n) is 4.45. The van der Waals surface area contributed by atoms with Crippen LogP contribution in [0.3, 0.4) is 0 Å². The average molecular weight is 259 g/mol. The van der Waals surface area contributed by atoms with E-state index in [1.807, 2.05) is 0 Å². The Morgan fingerprint density at radius 3 is 3.00 bits per heavy atom. The number of rotatable bonds is 2. The molecular weight excluding hydrogens is 248 g/mol. The summed E-state index contributed by atoms with van der Waals surface area (Å²) in [5, 5.41) is 8.09. The van der Waals surface area contributed by atoms with Gasteiger partial charge in [0, 0.05) is 13.6 Å². The van der Waals surface area contributed by atoms with Gasteiger partial charge >= 0.3 is 0 Å². The lowest BCUT2D eigenvalue weighted by molar-refractivity contribution is -0.127. The Bertz CT molecular complexity index is 351. The largest absolute Gasteiger partial charge is 0.336 e. The highest BCUT2D eigenvalue weighted by atomic mass is 79.9. The van der Waals surface area contributed by atoms with Crippen LogP contribution in [-0.4, -0.2) is 37.2 Å². The zero-order valence-corrected chi connectivity index (χ0v) is 9.44. The van der Waals surface area contributed by atoms with Crippen LogP contribution in [0, 0.1) is 0 Å². The van der Waals surface area contributed by atoms with Crippen molar-refractivity contribution in [2.24, 2.45) is 7.05 Å². The molecule has 0 aromatic carbocycles. The maximum atomic E-state index is 11.5. The van der Waals surface area contributed by atoms with E-state index in [0.717, 1.165) is 18.7 Å². The minimum atomic E-state index is -0.0147. The van der Waals surface area contributed by atoms with E-state index in [-0.39, 0.29) is 10.7 Å². The number of alkyl halides is 1. The van der Waals surface area contributed by atoms with Crippen LogP contribution in [0.5, 0.6) is 0 Å². The van der Waals surface area contributed by atoms with Crippen molar-refractivity contribution >= 4 is 21.8 Å². The summed E-state index contributed by atoms with van der Waals surface area (Å²) in [5.41, 5.74) is 0.836. The average Bonchev–Trinajstić information content (AvgIpc) is 2.67. The first kappa shape index (κ1) is 9.64. The Labute approximate surface area is 90.2 Å². The molecule has 6 heteroatoms. The van der Waals surface area contributed by atoms with Crippen LogP contribution in [0.1, 0.15) is 12.1 Å². The predicted octanol–water partition coefficient (Wildman–Crippen LogP) is 0.311. The van der Waals surface area contributed by atoms with Gasteiger partial charge in [-0.2, -0.15) is 15.0 Å². The number of nitrogens with zero attached hydrogens (tertiary/aromatic N) is 4. The van der Waals surface area contributed by atoms with E-state index in [9.17, 15) is 4.79 Å². The molecule has 1 unspecified atom stereocenters. The Morgan fingerprint density at radius 2 is 2.50 bits per heavy atom. The second kappa shape index (κ2) is 3.68. The van der Waals surface area contributed by atoms with Crippen molar-refractivity contribution in [3.63, 3.8) is 0 Å². The molecule has 2 heterocycles. The molecule has 0 saturated carbocycles. The molecule has 1 aromatic heterocycles. The Morgan fingerprint density at radius 1 is 1.71 bits per heavy atom. The number of aryl methyl sites for hydroxylation is 1. The molecule has 1 fully saturated rings. The first-order valence-corrected chi connectivity index (χ1v) is 5.36. The highest BCUT2D eigenvalue weighted by Crippen LogP contribution is 2.19. The molecule has 5 nitrogen and oxygen atoms in total. The lowest BCUT2D eigenvalue weighted by atomic mass is 10.4. The van der Waals surface area contributed by atoms with Crippen molar-refractivity contribution in [2.75, 3.05) is 6.54 Å². The molecule has 0 spiro atoms. The zero-order chi connectivity index (χ0) is 10.1. The maximum Gasteiger partial charge on any atom is 0.236 e. The van der Waals surface area contributed by atoms with Crippen molar-refractivity contribution in [1.29, 1.82) is 0 Å². The second-order valence-electron chi connectivity index (χ2n) is 3.34. The summed E-state index contributed by atoms with van der Waals surface area (Å²) in [4.78, 5) is 14.8. The van der Waals surface area contributed by atoms with Gasteiger partial charge in [0.1, 0.15) is 5.69 Å². The highest BCUT2D eigenvalue weighted by Gasteiger charge is 2.29. The Hall–Kier alpha value is -0.910. The molecule has 0 N–H and O–H groups in total. The van der Waals surface area contributed by atoms with Gasteiger partial charge in [-0.25, -0.2) is 0 Å². The van der Waals surface area contributed by atoms with Crippen molar-refractivity contribution in [2.45, 2.75) is 17.8 Å². The van der Waals surface area contributed by atoms with E-state index < -0.39 is 0 Å². The molecule has 0 bridgehead atoms. The first-order chi connectivity index (χ1) is 6.66. The molecule has 2 rings (SSSR count). The van der Waals surface area contributed by atoms with Gasteiger partial charge in [-0.05, 0) is 6.42 Å². The van der Waals surface area contributed by atoms with Gasteiger partial charge < -0.3 is 4.90 Å². The molecule has 1 aromatic rings. The minimum absolute atomic E-state index is 0.0147. The van der Waals surface area contributed by atoms with E-state index in [2.05, 4.69) is 26.1 Å². The number of hydrogen-bond acceptors (Lipinski definition) is 3. The molecule has 1 amide bonds. The van der Waals surface area contributed by atoms with E-state index in [1.54, 1.807) is 18.1 Å². The summed E-state index contributed by atoms with van der Waals surface area (Å²) in [6.07, 6.45) is 2.56. The van der Waals surface area contributed by atoms with Crippen LogP contribution in [-0.2, 0) is 18.4 Å². The third-order valence-corrected chi connectivity index (χ3v) is 3.08. The fraction of sp³-hybridized carbons (Fsp3) is 0.625. The number of carbonyl (C=O) groups is 1. The minimum Gasteiger partial charge on any atom is -0.336 e. The van der Waals surface area contributed by atoms with E-state index >= 15 is 0 Å². The van der Waals surface area contributed by atoms with Gasteiger partial charge in [0.05, 0.1) is 17.6 Å². The third kappa shape index (κ3) is 1.79. The fourth-order valence-corrected chi connectivity index (χ4v) is 2.01. The monoisotopic (exact) mass is 258 g/mol. The third-order valence-electron chi connectivity index (χ3n) is 2.23. The number of likely N-dealkylation sites (tertiary alicyclic amines) is 1. The van der Waals surface area contributed by atoms with Crippen molar-refractivity contribution in [1.82, 2.24) is 19.9 Å². The van der Waals surface area contributed by atoms with Gasteiger partial charge in [0.25, 0.3) is 0 Å². The van der Waals surface area contributed by atoms with Gasteiger partial charge in [-0.1, -0.05) is 15.9 Å². The van der Waals surface area contributed by atoms with Crippen LogP contribution >= 0.6 is 15.9 Å². The molecule has 1 aliphatic heterocycles. The van der Waals surface area contributed by atoms with Crippen LogP contribution in [0.4, 0.5) is 0 Å². The Kier molecular flexibility index (Phi) is 2.54. The Balaban J connectivity index is 2.02. The molecule has 1 aliphatic rings. The zero-order valence-electron chi connectivity index (χ0n) is 7.85. The number of aromatic nitrogens is 3. The summed E-state index contributed by atoms with van der Waals surface area (Å²) in [6, 6.07) is 0. The standard InChI is InChI=1S/C8H11BrN4O/c1-12-10-4-6(11-12)5-13-3-2-7(9)8(13)14/h4,7H,2-3,5H2,1H3. The van der Waals surface area contributed by atoms with E-state index in [1.165, 1.54) is 4.80 Å². The van der Waals surface area contributed by atoms with Gasteiger partial charge in [0.2, 0.25) is 5.91 Å². The van der Waals surface area contributed by atoms with E-state index in [0.29, 0.717) is 6.54 Å². The normalized spacial score (nSPS) is 22.0. The van der Waals surface area contributed by atoms with Gasteiger partial charge in [0.15, 0.2) is 0 Å². The van der Waals surface area contributed by atoms with Crippen LogP contribution < -0.4 is 0 Å². The topological polar surface area (TPSA) is 51.0 Å². The van der Waals surface area contributed by atoms with Crippen molar-refractivity contribution < 1.29 is 4.79 Å². The fourth-order valence-electron chi connectivity index (χ4n) is 1.51. The summed E-state index contributed by atoms with van der Waals surface area (Å²) in [7, 11) is 1.77. The second-order valence-corrected chi connectivity index (χ2v) is 4.45. The SMILES string of the molecule is Cn1ncc(CN2CCC(Br)C2=O)n1. The smallest absolute Gasteiger partial charge is 0.236 e. The van der Waals surface area contributed by atoms with Gasteiger partial charge in [-0.15, -0.1) is 0 Å². The molecule has 14 heavy (non-hydrogen) atoms. The molecule has 1 atom stereocenters. The van der Waals surface area contributed by atoms with E-state index in [4.69, 9.17) is 0 Å². The summed E-state index contributed by atoms with van der Waals surface area (Å²) < 4.78 is 0. The lowest BCUT2D eigenvalue weighted by Crippen LogP contribution is -2.27. The molecule has 1 saturated heterocycles. The number of amides is 1. The summed E-state index contributed by atoms with van der Waals surface area (Å²) in [5.74, 6) is 0.149. The van der Waals surface area contributed by atoms with Crippen molar-refractivity contribution in [3.05, 3.63) is 11.9 Å². The highest BCUT2D eigenvalue weighted by molar-refractivity contribution is 9.10. The molecule has 76 valence electrons. The number of hydrogen-bond donors (Lipinski definition) is 0. The number of halogens is 1. The maximum absolute atomic E-state index is 11.5. The predicted molar refractivity (Wildman–Crippen MR) is 53.8 cm³/mol. The lowest BCUT2D eigenvalue weighted by Gasteiger charge is -2.13. The molecular formula is C8H11BrN4O. The summed E-state index contributed by atoms with van der Waals surface area (Å²) in [6.45, 7) is 1.36. The quantitative estimate of drug-likeness (QED) is 0.718. The van der Waals surface area contributed by atoms with Gasteiger partial charge in [-0.3, -0.25) is 4.79 Å². The van der Waals surface area contributed by atoms with Crippen LogP contribution in [0.15, 0.2) is 6.20 Å². The van der Waals surface area contributed by atoms with Crippen LogP contribution in [0.2, 0.25) is 0 Å².